The fourth-order valence-electron chi connectivity index (χ4n) is 4.04. The van der Waals surface area contributed by atoms with Crippen LogP contribution in [0.4, 0.5) is 21.5 Å². The summed E-state index contributed by atoms with van der Waals surface area (Å²) in [5, 5.41) is 19.2. The monoisotopic (exact) mass is 573 g/mol. The fourth-order valence-corrected chi connectivity index (χ4v) is 4.04. The Balaban J connectivity index is 1.32. The Morgan fingerprint density at radius 2 is 1.57 bits per heavy atom. The molecular formula is C27H20FN7O7. The Morgan fingerprint density at radius 3 is 2.26 bits per heavy atom. The van der Waals surface area contributed by atoms with Crippen LogP contribution < -0.4 is 38.1 Å². The summed E-state index contributed by atoms with van der Waals surface area (Å²) in [6.45, 7) is -0.0886. The lowest BCUT2D eigenvalue weighted by molar-refractivity contribution is 0.0696. The normalized spacial score (nSPS) is 11.0. The number of aromatic nitrogens is 3. The maximum atomic E-state index is 14.3. The van der Waals surface area contributed by atoms with E-state index in [4.69, 9.17) is 10.8 Å². The first-order chi connectivity index (χ1) is 20.0. The Hall–Kier alpha value is -6.12. The molecule has 0 aliphatic carbocycles. The molecule has 0 bridgehead atoms. The standard InChI is InChI=1S/C27H20FN7O7/c28-15-6-3-13(7-16(15)33-22-21(29)23(37)24(22)38)11-30-25(39)17-8-18(35-19(32-17)9-20(36)34-35)26(40)31-10-12-1-4-14(5-2-12)27(41)42/h1-9,33H,10-11,29H2,(H,30,39)(H,31,40)(H,34,36)(H,41,42). The van der Waals surface area contributed by atoms with Crippen LogP contribution >= 0.6 is 0 Å². The van der Waals surface area contributed by atoms with Gasteiger partial charge in [-0.15, -0.1) is 0 Å². The predicted octanol–water partition coefficient (Wildman–Crippen LogP) is 0.642. The van der Waals surface area contributed by atoms with Crippen LogP contribution in [-0.2, 0) is 13.1 Å². The number of hydrogen-bond acceptors (Lipinski definition) is 9. The van der Waals surface area contributed by atoms with Crippen molar-refractivity contribution in [1.29, 1.82) is 0 Å². The summed E-state index contributed by atoms with van der Waals surface area (Å²) in [4.78, 5) is 76.1. The van der Waals surface area contributed by atoms with Crippen molar-refractivity contribution in [2.75, 3.05) is 11.1 Å². The molecule has 5 rings (SSSR count). The smallest absolute Gasteiger partial charge is 0.335 e. The van der Waals surface area contributed by atoms with Crippen molar-refractivity contribution in [3.8, 4) is 0 Å². The van der Waals surface area contributed by atoms with Crippen LogP contribution in [0.5, 0.6) is 0 Å². The highest BCUT2D eigenvalue weighted by Crippen LogP contribution is 2.22. The number of H-pyrrole nitrogens is 1. The SMILES string of the molecule is Nc1c(Nc2cc(CNC(=O)c3cc(C(=O)NCc4ccc(C(=O)O)cc4)n4[nH]c(=O)cc4n3)ccc2F)c(=O)c1=O. The number of amides is 2. The van der Waals surface area contributed by atoms with Gasteiger partial charge in [-0.25, -0.2) is 18.7 Å². The highest BCUT2D eigenvalue weighted by Gasteiger charge is 2.20. The molecule has 0 atom stereocenters. The summed E-state index contributed by atoms with van der Waals surface area (Å²) in [7, 11) is 0. The molecule has 0 aliphatic heterocycles. The number of halogens is 1. The topological polar surface area (TPSA) is 218 Å². The Bertz CT molecular complexity index is 2020. The third-order valence-corrected chi connectivity index (χ3v) is 6.27. The summed E-state index contributed by atoms with van der Waals surface area (Å²) < 4.78 is 15.4. The largest absolute Gasteiger partial charge is 0.478 e. The van der Waals surface area contributed by atoms with E-state index in [9.17, 15) is 33.2 Å². The van der Waals surface area contributed by atoms with E-state index in [1.165, 1.54) is 42.5 Å². The van der Waals surface area contributed by atoms with Gasteiger partial charge in [-0.05, 0) is 35.4 Å². The molecule has 7 N–H and O–H groups in total. The maximum absolute atomic E-state index is 14.3. The van der Waals surface area contributed by atoms with Crippen molar-refractivity contribution in [2.24, 2.45) is 0 Å². The lowest BCUT2D eigenvalue weighted by atomic mass is 10.1. The van der Waals surface area contributed by atoms with Gasteiger partial charge in [0.1, 0.15) is 28.6 Å². The van der Waals surface area contributed by atoms with Gasteiger partial charge in [-0.2, -0.15) is 0 Å². The summed E-state index contributed by atoms with van der Waals surface area (Å²) in [5.41, 5.74) is 3.34. The van der Waals surface area contributed by atoms with Crippen LogP contribution in [0.3, 0.4) is 0 Å². The van der Waals surface area contributed by atoms with E-state index in [0.29, 0.717) is 11.1 Å². The van der Waals surface area contributed by atoms with Gasteiger partial charge in [0.25, 0.3) is 28.2 Å². The van der Waals surface area contributed by atoms with Gasteiger partial charge < -0.3 is 26.8 Å². The Kier molecular flexibility index (Phi) is 7.06. The number of carboxylic acids is 1. The minimum atomic E-state index is -1.09. The molecule has 0 radical (unpaired) electrons. The second-order valence-corrected chi connectivity index (χ2v) is 9.09. The average Bonchev–Trinajstić information content (AvgIpc) is 3.37. The zero-order chi connectivity index (χ0) is 30.1. The number of aromatic amines is 1. The number of nitrogens with zero attached hydrogens (tertiary/aromatic N) is 2. The number of nitrogen functional groups attached to an aromatic ring is 1. The number of carboxylic acid groups (broad SMARTS) is 1. The summed E-state index contributed by atoms with van der Waals surface area (Å²) in [6, 6.07) is 11.9. The minimum absolute atomic E-state index is 0.00227. The number of carbonyl (C=O) groups is 3. The summed E-state index contributed by atoms with van der Waals surface area (Å²) in [6.07, 6.45) is 0. The third-order valence-electron chi connectivity index (χ3n) is 6.27. The van der Waals surface area contributed by atoms with E-state index >= 15 is 0 Å². The van der Waals surface area contributed by atoms with Gasteiger partial charge in [0, 0.05) is 25.2 Å². The second kappa shape index (κ2) is 10.8. The quantitative estimate of drug-likeness (QED) is 0.135. The van der Waals surface area contributed by atoms with Gasteiger partial charge in [-0.1, -0.05) is 18.2 Å². The van der Waals surface area contributed by atoms with Crippen molar-refractivity contribution < 1.29 is 23.9 Å². The third kappa shape index (κ3) is 5.33. The fraction of sp³-hybridized carbons (Fsp3) is 0.0741. The van der Waals surface area contributed by atoms with E-state index in [0.717, 1.165) is 16.6 Å². The predicted molar refractivity (Wildman–Crippen MR) is 147 cm³/mol. The van der Waals surface area contributed by atoms with Crippen LogP contribution in [0.15, 0.2) is 69.0 Å². The molecule has 0 unspecified atom stereocenters. The lowest BCUT2D eigenvalue weighted by Crippen LogP contribution is -2.36. The highest BCUT2D eigenvalue weighted by molar-refractivity contribution is 5.98. The number of anilines is 3. The first-order valence-electron chi connectivity index (χ1n) is 12.2. The molecule has 0 aliphatic rings. The number of aromatic carboxylic acids is 1. The first-order valence-corrected chi connectivity index (χ1v) is 12.2. The molecule has 0 saturated carbocycles. The number of carbonyl (C=O) groups excluding carboxylic acids is 2. The molecule has 2 aromatic heterocycles. The zero-order valence-corrected chi connectivity index (χ0v) is 21.4. The van der Waals surface area contributed by atoms with Crippen LogP contribution in [-0.4, -0.2) is 37.5 Å². The van der Waals surface area contributed by atoms with Crippen LogP contribution in [0, 0.1) is 5.82 Å². The van der Waals surface area contributed by atoms with Crippen molar-refractivity contribution in [3.63, 3.8) is 0 Å². The summed E-state index contributed by atoms with van der Waals surface area (Å²) >= 11 is 0. The molecule has 3 aromatic carbocycles. The van der Waals surface area contributed by atoms with Gasteiger partial charge in [-0.3, -0.25) is 29.1 Å². The minimum Gasteiger partial charge on any atom is -0.478 e. The zero-order valence-electron chi connectivity index (χ0n) is 21.4. The van der Waals surface area contributed by atoms with Crippen molar-refractivity contribution >= 4 is 40.5 Å². The molecule has 5 aromatic rings. The van der Waals surface area contributed by atoms with Gasteiger partial charge >= 0.3 is 5.97 Å². The van der Waals surface area contributed by atoms with Crippen molar-refractivity contribution in [3.05, 3.63) is 119 Å². The van der Waals surface area contributed by atoms with Crippen molar-refractivity contribution in [1.82, 2.24) is 25.2 Å². The molecule has 2 amide bonds. The van der Waals surface area contributed by atoms with Crippen LogP contribution in [0.25, 0.3) is 5.65 Å². The molecule has 0 fully saturated rings. The van der Waals surface area contributed by atoms with E-state index in [-0.39, 0.29) is 52.8 Å². The molecule has 2 heterocycles. The number of hydrogen-bond donors (Lipinski definition) is 6. The molecular weight excluding hydrogens is 553 g/mol. The lowest BCUT2D eigenvalue weighted by Gasteiger charge is -2.13. The molecule has 14 nitrogen and oxygen atoms in total. The number of nitrogens with one attached hydrogen (secondary N) is 4. The number of nitrogens with two attached hydrogens (primary N) is 1. The molecule has 212 valence electrons. The van der Waals surface area contributed by atoms with Crippen LogP contribution in [0.1, 0.15) is 42.5 Å². The van der Waals surface area contributed by atoms with Crippen molar-refractivity contribution in [2.45, 2.75) is 13.1 Å². The van der Waals surface area contributed by atoms with E-state index in [1.54, 1.807) is 0 Å². The number of benzene rings is 2. The number of rotatable bonds is 9. The van der Waals surface area contributed by atoms with Gasteiger partial charge in [0.15, 0.2) is 5.65 Å². The van der Waals surface area contributed by atoms with E-state index < -0.39 is 40.0 Å². The van der Waals surface area contributed by atoms with Gasteiger partial charge in [0.2, 0.25) is 0 Å². The molecule has 0 saturated heterocycles. The van der Waals surface area contributed by atoms with Gasteiger partial charge in [0.05, 0.1) is 11.3 Å². The Labute approximate surface area is 233 Å². The molecule has 42 heavy (non-hydrogen) atoms. The van der Waals surface area contributed by atoms with Crippen LogP contribution in [0.2, 0.25) is 0 Å². The molecule has 15 heteroatoms. The highest BCUT2D eigenvalue weighted by atomic mass is 19.1. The number of fused-ring (bicyclic) bond motifs is 1. The Morgan fingerprint density at radius 1 is 0.905 bits per heavy atom. The summed E-state index contributed by atoms with van der Waals surface area (Å²) in [5.74, 6) is -3.18. The van der Waals surface area contributed by atoms with E-state index in [2.05, 4.69) is 26.0 Å². The van der Waals surface area contributed by atoms with E-state index in [1.807, 2.05) is 0 Å². The second-order valence-electron chi connectivity index (χ2n) is 9.09. The first kappa shape index (κ1) is 27.4. The molecule has 0 spiro atoms. The maximum Gasteiger partial charge on any atom is 0.335 e. The average molecular weight is 573 g/mol.